The van der Waals surface area contributed by atoms with E-state index in [1.165, 1.54) is 6.07 Å². The van der Waals surface area contributed by atoms with Crippen LogP contribution < -0.4 is 11.4 Å². The van der Waals surface area contributed by atoms with Gasteiger partial charge in [-0.05, 0) is 6.07 Å². The molecule has 1 saturated heterocycles. The van der Waals surface area contributed by atoms with E-state index in [-0.39, 0.29) is 12.2 Å². The Balaban J connectivity index is 2.07. The highest BCUT2D eigenvalue weighted by atomic mass is 31.3. The zero-order valence-corrected chi connectivity index (χ0v) is 16.5. The zero-order valence-electron chi connectivity index (χ0n) is 13.9. The maximum Gasteiger partial charge on any atom is 0.490 e. The van der Waals surface area contributed by atoms with E-state index in [4.69, 9.17) is 25.2 Å². The molecule has 1 aliphatic heterocycles. The Morgan fingerprint density at radius 3 is 2.41 bits per heavy atom. The van der Waals surface area contributed by atoms with E-state index < -0.39 is 54.0 Å². The third kappa shape index (κ3) is 7.00. The van der Waals surface area contributed by atoms with E-state index in [1.54, 1.807) is 0 Å². The summed E-state index contributed by atoms with van der Waals surface area (Å²) < 4.78 is 64.2. The molecule has 0 amide bonds. The van der Waals surface area contributed by atoms with Gasteiger partial charge in [-0.25, -0.2) is 27.4 Å². The van der Waals surface area contributed by atoms with E-state index in [0.29, 0.717) is 0 Å². The van der Waals surface area contributed by atoms with E-state index in [9.17, 15) is 32.9 Å². The van der Waals surface area contributed by atoms with Gasteiger partial charge in [0.25, 0.3) is 0 Å². The molecule has 29 heavy (non-hydrogen) atoms. The number of phosphoric ester groups is 1. The summed E-state index contributed by atoms with van der Waals surface area (Å²) in [6, 6.07) is 1.21. The van der Waals surface area contributed by atoms with Crippen molar-refractivity contribution in [1.29, 1.82) is 0 Å². The van der Waals surface area contributed by atoms with Gasteiger partial charge in [0.05, 0.1) is 6.10 Å². The number of nitrogens with two attached hydrogens (primary N) is 1. The minimum Gasteiger partial charge on any atom is -0.390 e. The Labute approximate surface area is 160 Å². The van der Waals surface area contributed by atoms with Gasteiger partial charge >= 0.3 is 29.2 Å². The monoisotopic (exact) mass is 485 g/mol. The summed E-state index contributed by atoms with van der Waals surface area (Å²) in [5, 5.41) is 9.87. The quantitative estimate of drug-likeness (QED) is 0.244. The predicted octanol–water partition coefficient (Wildman–Crippen LogP) is -0.887. The number of halogens is 1. The van der Waals surface area contributed by atoms with Crippen LogP contribution in [0.2, 0.25) is 0 Å². The molecule has 16 nitrogen and oxygen atoms in total. The fourth-order valence-electron chi connectivity index (χ4n) is 2.22. The number of phosphoric acid groups is 3. The number of nitrogens with zero attached hydrogens (tertiary/aromatic N) is 2. The topological polar surface area (TPSA) is 250 Å². The first-order valence-electron chi connectivity index (χ1n) is 7.23. The van der Waals surface area contributed by atoms with Crippen LogP contribution in [0.3, 0.4) is 0 Å². The Morgan fingerprint density at radius 2 is 1.86 bits per heavy atom. The van der Waals surface area contributed by atoms with Crippen LogP contribution in [0.25, 0.3) is 0 Å². The van der Waals surface area contributed by atoms with Crippen molar-refractivity contribution in [2.24, 2.45) is 0 Å². The fourth-order valence-corrected chi connectivity index (χ4v) is 5.25. The Kier molecular flexibility index (Phi) is 7.17. The lowest BCUT2D eigenvalue weighted by Gasteiger charge is -2.22. The molecule has 20 heteroatoms. The van der Waals surface area contributed by atoms with E-state index in [2.05, 4.69) is 18.1 Å². The normalized spacial score (nSPS) is 27.9. The number of ether oxygens (including phenoxy) is 1. The Morgan fingerprint density at radius 1 is 1.24 bits per heavy atom. The highest BCUT2D eigenvalue weighted by Crippen LogP contribution is 2.66. The number of hydrogen-bond donors (Lipinski definition) is 6. The highest BCUT2D eigenvalue weighted by molar-refractivity contribution is 7.66. The molecule has 2 heterocycles. The molecule has 1 aromatic rings. The van der Waals surface area contributed by atoms with Crippen molar-refractivity contribution in [2.75, 3.05) is 5.73 Å². The molecule has 0 bridgehead atoms. The third-order valence-electron chi connectivity index (χ3n) is 3.21. The van der Waals surface area contributed by atoms with Gasteiger partial charge < -0.3 is 35.2 Å². The summed E-state index contributed by atoms with van der Waals surface area (Å²) in [7, 11) is -17.3. The van der Waals surface area contributed by atoms with E-state index in [1.807, 2.05) is 0 Å². The SMILES string of the molecule is Nc1ccn([C@H]2C[C@H](O)[C@@H](C(F)OP(=O)(O)OP(=O)(O)OP(=O)(O)O)O2)c(=O)n1. The first-order valence-corrected chi connectivity index (χ1v) is 11.8. The second-order valence-corrected chi connectivity index (χ2v) is 9.82. The molecule has 0 saturated carbocycles. The fraction of sp³-hybridized carbons (Fsp3) is 0.556. The van der Waals surface area contributed by atoms with Gasteiger partial charge in [0.1, 0.15) is 18.1 Å². The van der Waals surface area contributed by atoms with Crippen molar-refractivity contribution >= 4 is 29.3 Å². The second-order valence-electron chi connectivity index (χ2n) is 5.45. The van der Waals surface area contributed by atoms with Gasteiger partial charge in [0, 0.05) is 12.6 Å². The number of alkyl halides is 1. The molecule has 0 aliphatic carbocycles. The molecule has 166 valence electrons. The molecule has 3 unspecified atom stereocenters. The molecule has 0 radical (unpaired) electrons. The summed E-state index contributed by atoms with van der Waals surface area (Å²) in [6.45, 7) is 0. The van der Waals surface area contributed by atoms with Crippen LogP contribution in [-0.2, 0) is 31.6 Å². The van der Waals surface area contributed by atoms with Gasteiger partial charge in [-0.3, -0.25) is 4.57 Å². The van der Waals surface area contributed by atoms with Crippen molar-refractivity contribution < 1.29 is 60.6 Å². The largest absolute Gasteiger partial charge is 0.490 e. The average molecular weight is 485 g/mol. The summed E-state index contributed by atoms with van der Waals surface area (Å²) in [6.07, 6.45) is -7.09. The summed E-state index contributed by atoms with van der Waals surface area (Å²) in [4.78, 5) is 50.3. The smallest absolute Gasteiger partial charge is 0.390 e. The van der Waals surface area contributed by atoms with Crippen LogP contribution in [-0.4, -0.2) is 52.8 Å². The number of hydrogen-bond acceptors (Lipinski definition) is 11. The minimum absolute atomic E-state index is 0.114. The van der Waals surface area contributed by atoms with Crippen LogP contribution >= 0.6 is 23.5 Å². The molecular weight excluding hydrogens is 470 g/mol. The summed E-state index contributed by atoms with van der Waals surface area (Å²) in [5.74, 6) is -0.114. The lowest BCUT2D eigenvalue weighted by molar-refractivity contribution is -0.125. The highest BCUT2D eigenvalue weighted by Gasteiger charge is 2.47. The van der Waals surface area contributed by atoms with E-state index in [0.717, 1.165) is 10.8 Å². The number of aromatic nitrogens is 2. The first-order chi connectivity index (χ1) is 13.1. The minimum atomic E-state index is -5.85. The van der Waals surface area contributed by atoms with Crippen molar-refractivity contribution in [3.8, 4) is 0 Å². The number of anilines is 1. The van der Waals surface area contributed by atoms with Gasteiger partial charge in [0.2, 0.25) is 6.36 Å². The number of aliphatic hydroxyl groups is 1. The lowest BCUT2D eigenvalue weighted by atomic mass is 10.2. The first kappa shape index (κ1) is 24.2. The van der Waals surface area contributed by atoms with Gasteiger partial charge in [-0.2, -0.15) is 13.6 Å². The van der Waals surface area contributed by atoms with Crippen LogP contribution in [0.5, 0.6) is 0 Å². The molecule has 1 fully saturated rings. The van der Waals surface area contributed by atoms with Crippen molar-refractivity contribution in [3.63, 3.8) is 0 Å². The molecule has 7 N–H and O–H groups in total. The van der Waals surface area contributed by atoms with Crippen molar-refractivity contribution in [3.05, 3.63) is 22.7 Å². The van der Waals surface area contributed by atoms with E-state index >= 15 is 0 Å². The standard InChI is InChI=1S/C9H15FN3O13P3/c10-8(24-28(19,20)26-29(21,22)25-27(16,17)18)7-4(14)3-6(23-7)13-2-1-5(11)12-9(13)15/h1-2,4,6-8,14H,3H2,(H,19,20)(H,21,22)(H2,11,12,15)(H2,16,17,18)/t4-,6+,7-,8?/m0/s1. The number of aliphatic hydroxyl groups excluding tert-OH is 1. The maximum atomic E-state index is 14.2. The molecule has 0 spiro atoms. The number of rotatable bonds is 8. The lowest BCUT2D eigenvalue weighted by Crippen LogP contribution is -2.33. The van der Waals surface area contributed by atoms with Gasteiger partial charge in [-0.1, -0.05) is 0 Å². The van der Waals surface area contributed by atoms with Crippen molar-refractivity contribution in [2.45, 2.75) is 31.2 Å². The maximum absolute atomic E-state index is 14.2. The summed E-state index contributed by atoms with van der Waals surface area (Å²) in [5.41, 5.74) is 4.42. The molecule has 6 atom stereocenters. The molecule has 1 aromatic heterocycles. The second kappa shape index (κ2) is 8.59. The third-order valence-corrected chi connectivity index (χ3v) is 7.00. The summed E-state index contributed by atoms with van der Waals surface area (Å²) >= 11 is 0. The molecule has 2 rings (SSSR count). The van der Waals surface area contributed by atoms with Crippen LogP contribution in [0.1, 0.15) is 12.6 Å². The molecular formula is C9H15FN3O13P3. The van der Waals surface area contributed by atoms with Gasteiger partial charge in [0.15, 0.2) is 0 Å². The Bertz CT molecular complexity index is 951. The Hall–Kier alpha value is -1.06. The zero-order chi connectivity index (χ0) is 22.2. The molecule has 1 aliphatic rings. The molecule has 0 aromatic carbocycles. The van der Waals surface area contributed by atoms with Crippen molar-refractivity contribution in [1.82, 2.24) is 9.55 Å². The van der Waals surface area contributed by atoms with Crippen LogP contribution in [0.15, 0.2) is 17.1 Å². The predicted molar refractivity (Wildman–Crippen MR) is 87.3 cm³/mol. The van der Waals surface area contributed by atoms with Crippen LogP contribution in [0, 0.1) is 0 Å². The average Bonchev–Trinajstić information content (AvgIpc) is 2.84. The van der Waals surface area contributed by atoms with Crippen LogP contribution in [0.4, 0.5) is 10.2 Å². The van der Waals surface area contributed by atoms with Gasteiger partial charge in [-0.15, -0.1) is 0 Å². The number of nitrogen functional groups attached to an aromatic ring is 1.